The molecule has 6 nitrogen and oxygen atoms in total. The molecule has 29 heavy (non-hydrogen) atoms. The Labute approximate surface area is 170 Å². The summed E-state index contributed by atoms with van der Waals surface area (Å²) in [5.74, 6) is -1.93. The van der Waals surface area contributed by atoms with Crippen molar-refractivity contribution in [2.75, 3.05) is 14.2 Å². The Morgan fingerprint density at radius 1 is 0.759 bits per heavy atom. The monoisotopic (exact) mass is 398 g/mol. The third-order valence-electron chi connectivity index (χ3n) is 4.81. The fourth-order valence-corrected chi connectivity index (χ4v) is 3.03. The lowest BCUT2D eigenvalue weighted by molar-refractivity contribution is -0.142. The molecule has 0 saturated heterocycles. The minimum absolute atomic E-state index is 0.200. The van der Waals surface area contributed by atoms with E-state index in [1.807, 2.05) is 48.5 Å². The van der Waals surface area contributed by atoms with E-state index >= 15 is 0 Å². The largest absolute Gasteiger partial charge is 0.481 e. The van der Waals surface area contributed by atoms with Gasteiger partial charge in [-0.25, -0.2) is 0 Å². The van der Waals surface area contributed by atoms with Crippen LogP contribution in [-0.2, 0) is 49.5 Å². The minimum Gasteiger partial charge on any atom is -0.481 e. The van der Waals surface area contributed by atoms with E-state index < -0.39 is 11.9 Å². The van der Waals surface area contributed by atoms with E-state index in [4.69, 9.17) is 0 Å². The number of methoxy groups -OCH3 is 2. The summed E-state index contributed by atoms with van der Waals surface area (Å²) in [5.41, 5.74) is 3.64. The number of ether oxygens (including phenoxy) is 2. The Morgan fingerprint density at radius 3 is 1.59 bits per heavy atom. The molecule has 0 aromatic heterocycles. The van der Waals surface area contributed by atoms with Gasteiger partial charge in [0.05, 0.1) is 33.0 Å². The van der Waals surface area contributed by atoms with Crippen molar-refractivity contribution in [2.24, 2.45) is 5.92 Å². The lowest BCUT2D eigenvalue weighted by Gasteiger charge is -2.13. The topological polar surface area (TPSA) is 89.9 Å². The Kier molecular flexibility index (Phi) is 8.40. The van der Waals surface area contributed by atoms with E-state index in [1.165, 1.54) is 14.2 Å². The molecule has 0 heterocycles. The van der Waals surface area contributed by atoms with Gasteiger partial charge in [-0.3, -0.25) is 14.4 Å². The number of carbonyl (C=O) groups is 3. The maximum absolute atomic E-state index is 11.7. The van der Waals surface area contributed by atoms with E-state index in [-0.39, 0.29) is 24.8 Å². The van der Waals surface area contributed by atoms with Crippen molar-refractivity contribution >= 4 is 17.9 Å². The van der Waals surface area contributed by atoms with E-state index in [2.05, 4.69) is 9.47 Å². The van der Waals surface area contributed by atoms with Crippen molar-refractivity contribution in [1.82, 2.24) is 0 Å². The van der Waals surface area contributed by atoms with E-state index in [1.54, 1.807) is 0 Å². The molecule has 2 aromatic rings. The highest BCUT2D eigenvalue weighted by Crippen LogP contribution is 2.18. The summed E-state index contributed by atoms with van der Waals surface area (Å²) in [7, 11) is 2.70. The molecule has 0 fully saturated rings. The third kappa shape index (κ3) is 7.41. The van der Waals surface area contributed by atoms with Crippen molar-refractivity contribution in [3.8, 4) is 0 Å². The summed E-state index contributed by atoms with van der Waals surface area (Å²) in [6, 6.07) is 14.9. The zero-order valence-electron chi connectivity index (χ0n) is 16.7. The van der Waals surface area contributed by atoms with Crippen LogP contribution in [0.2, 0.25) is 0 Å². The molecule has 0 bridgehead atoms. The maximum Gasteiger partial charge on any atom is 0.309 e. The first-order valence-electron chi connectivity index (χ1n) is 9.43. The molecule has 2 rings (SSSR count). The van der Waals surface area contributed by atoms with Crippen LogP contribution in [0.15, 0.2) is 48.5 Å². The van der Waals surface area contributed by atoms with Gasteiger partial charge < -0.3 is 14.6 Å². The molecule has 0 saturated carbocycles. The second-order valence-electron chi connectivity index (χ2n) is 6.92. The van der Waals surface area contributed by atoms with Crippen LogP contribution in [-0.4, -0.2) is 37.2 Å². The van der Waals surface area contributed by atoms with Crippen molar-refractivity contribution in [3.63, 3.8) is 0 Å². The highest BCUT2D eigenvalue weighted by molar-refractivity contribution is 5.73. The highest BCUT2D eigenvalue weighted by Gasteiger charge is 2.18. The molecule has 0 spiro atoms. The van der Waals surface area contributed by atoms with Crippen molar-refractivity contribution < 1.29 is 29.0 Å². The summed E-state index contributed by atoms with van der Waals surface area (Å²) in [6.07, 6.45) is 1.99. The van der Waals surface area contributed by atoms with E-state index in [9.17, 15) is 19.5 Å². The average Bonchev–Trinajstić information content (AvgIpc) is 2.72. The normalized spacial score (nSPS) is 11.5. The van der Waals surface area contributed by atoms with E-state index in [0.29, 0.717) is 19.3 Å². The first kappa shape index (κ1) is 22.1. The van der Waals surface area contributed by atoms with Gasteiger partial charge in [0, 0.05) is 0 Å². The Morgan fingerprint density at radius 2 is 1.17 bits per heavy atom. The van der Waals surface area contributed by atoms with Crippen LogP contribution < -0.4 is 0 Å². The number of benzene rings is 2. The van der Waals surface area contributed by atoms with Crippen molar-refractivity contribution in [2.45, 2.75) is 32.1 Å². The Bertz CT molecular complexity index is 823. The number of hydrogen-bond acceptors (Lipinski definition) is 5. The Balaban J connectivity index is 1.92. The van der Waals surface area contributed by atoms with Crippen LogP contribution in [0.5, 0.6) is 0 Å². The van der Waals surface area contributed by atoms with Crippen LogP contribution in [0.1, 0.15) is 28.7 Å². The average molecular weight is 398 g/mol. The predicted octanol–water partition coefficient (Wildman–Crippen LogP) is 2.99. The molecule has 0 radical (unpaired) electrons. The summed E-state index contributed by atoms with van der Waals surface area (Å²) < 4.78 is 9.30. The van der Waals surface area contributed by atoms with Gasteiger partial charge in [0.2, 0.25) is 0 Å². The van der Waals surface area contributed by atoms with Crippen molar-refractivity contribution in [1.29, 1.82) is 0 Å². The minimum atomic E-state index is -0.828. The highest BCUT2D eigenvalue weighted by atomic mass is 16.5. The standard InChI is InChI=1S/C23H26O6/c1-28-21(24)14-18-5-3-16(4-6-18)11-12-20(23(26)27)13-17-7-9-19(10-8-17)15-22(25)29-2/h3-10,20H,11-15H2,1-2H3,(H,26,27). The van der Waals surface area contributed by atoms with Crippen LogP contribution in [0, 0.1) is 5.92 Å². The fraction of sp³-hybridized carbons (Fsp3) is 0.348. The summed E-state index contributed by atoms with van der Waals surface area (Å²) >= 11 is 0. The second kappa shape index (κ2) is 11.0. The van der Waals surface area contributed by atoms with Gasteiger partial charge in [0.1, 0.15) is 0 Å². The molecule has 154 valence electrons. The maximum atomic E-state index is 11.7. The van der Waals surface area contributed by atoms with Gasteiger partial charge in [-0.15, -0.1) is 0 Å². The first-order chi connectivity index (χ1) is 13.9. The number of aryl methyl sites for hydroxylation is 1. The van der Waals surface area contributed by atoms with Gasteiger partial charge in [0.25, 0.3) is 0 Å². The molecule has 6 heteroatoms. The molecule has 0 aliphatic carbocycles. The quantitative estimate of drug-likeness (QED) is 0.619. The Hall–Kier alpha value is -3.15. The number of hydrogen-bond donors (Lipinski definition) is 1. The van der Waals surface area contributed by atoms with Gasteiger partial charge in [0.15, 0.2) is 0 Å². The summed E-state index contributed by atoms with van der Waals surface area (Å²) in [6.45, 7) is 0. The summed E-state index contributed by atoms with van der Waals surface area (Å²) in [4.78, 5) is 34.3. The number of esters is 2. The molecule has 2 aromatic carbocycles. The van der Waals surface area contributed by atoms with Crippen LogP contribution in [0.25, 0.3) is 0 Å². The number of rotatable bonds is 10. The number of carbonyl (C=O) groups excluding carboxylic acids is 2. The number of carboxylic acid groups (broad SMARTS) is 1. The molecule has 0 amide bonds. The molecule has 1 atom stereocenters. The molecular weight excluding hydrogens is 372 g/mol. The van der Waals surface area contributed by atoms with Crippen molar-refractivity contribution in [3.05, 3.63) is 70.8 Å². The summed E-state index contributed by atoms with van der Waals surface area (Å²) in [5, 5.41) is 9.58. The zero-order valence-corrected chi connectivity index (χ0v) is 16.7. The van der Waals surface area contributed by atoms with E-state index in [0.717, 1.165) is 22.3 Å². The molecule has 1 N–H and O–H groups in total. The zero-order chi connectivity index (χ0) is 21.2. The second-order valence-corrected chi connectivity index (χ2v) is 6.92. The molecule has 0 aliphatic heterocycles. The fourth-order valence-electron chi connectivity index (χ4n) is 3.03. The number of carboxylic acids is 1. The van der Waals surface area contributed by atoms with Gasteiger partial charge in [-0.05, 0) is 41.5 Å². The van der Waals surface area contributed by atoms with Gasteiger partial charge in [-0.2, -0.15) is 0 Å². The third-order valence-corrected chi connectivity index (χ3v) is 4.81. The van der Waals surface area contributed by atoms with Crippen LogP contribution in [0.3, 0.4) is 0 Å². The SMILES string of the molecule is COC(=O)Cc1ccc(CCC(Cc2ccc(CC(=O)OC)cc2)C(=O)O)cc1. The van der Waals surface area contributed by atoms with Gasteiger partial charge >= 0.3 is 17.9 Å². The number of aliphatic carboxylic acids is 1. The van der Waals surface area contributed by atoms with Crippen LogP contribution >= 0.6 is 0 Å². The van der Waals surface area contributed by atoms with Crippen LogP contribution in [0.4, 0.5) is 0 Å². The predicted molar refractivity (Wildman–Crippen MR) is 107 cm³/mol. The molecular formula is C23H26O6. The smallest absolute Gasteiger partial charge is 0.309 e. The molecule has 1 unspecified atom stereocenters. The first-order valence-corrected chi connectivity index (χ1v) is 9.43. The lowest BCUT2D eigenvalue weighted by Crippen LogP contribution is -2.17. The lowest BCUT2D eigenvalue weighted by atomic mass is 9.92. The van der Waals surface area contributed by atoms with Gasteiger partial charge in [-0.1, -0.05) is 48.5 Å². The molecule has 0 aliphatic rings.